The molecule has 1 unspecified atom stereocenters. The van der Waals surface area contributed by atoms with Gasteiger partial charge in [0.1, 0.15) is 5.56 Å². The van der Waals surface area contributed by atoms with Crippen molar-refractivity contribution in [2.75, 3.05) is 23.8 Å². The average Bonchev–Trinajstić information content (AvgIpc) is 2.86. The van der Waals surface area contributed by atoms with E-state index in [1.807, 2.05) is 11.8 Å². The number of rotatable bonds is 3. The van der Waals surface area contributed by atoms with Gasteiger partial charge in [-0.15, -0.1) is 0 Å². The topological polar surface area (TPSA) is 83.8 Å². The standard InChI is InChI=1S/C10H16N4OS/c1-6-8(9(11)14-13-6)10(15)12-4-7-2-3-16-5-7/h7H,2-5H2,1H3,(H,12,15)(H3,11,13,14). The van der Waals surface area contributed by atoms with Crippen LogP contribution in [0.4, 0.5) is 5.82 Å². The van der Waals surface area contributed by atoms with Crippen LogP contribution in [-0.4, -0.2) is 34.2 Å². The van der Waals surface area contributed by atoms with Gasteiger partial charge in [-0.05, 0) is 30.8 Å². The Balaban J connectivity index is 1.92. The van der Waals surface area contributed by atoms with E-state index in [2.05, 4.69) is 15.5 Å². The lowest BCUT2D eigenvalue weighted by molar-refractivity contribution is 0.0949. The lowest BCUT2D eigenvalue weighted by Crippen LogP contribution is -2.30. The first-order chi connectivity index (χ1) is 7.68. The van der Waals surface area contributed by atoms with Crippen LogP contribution in [0.5, 0.6) is 0 Å². The van der Waals surface area contributed by atoms with Crippen LogP contribution in [0.1, 0.15) is 22.5 Å². The van der Waals surface area contributed by atoms with Crippen molar-refractivity contribution in [3.63, 3.8) is 0 Å². The molecule has 1 aromatic heterocycles. The second-order valence-electron chi connectivity index (χ2n) is 4.05. The quantitative estimate of drug-likeness (QED) is 0.729. The lowest BCUT2D eigenvalue weighted by Gasteiger charge is -2.09. The molecule has 1 saturated heterocycles. The zero-order valence-electron chi connectivity index (χ0n) is 9.25. The molecule has 6 heteroatoms. The molecule has 0 aromatic carbocycles. The molecule has 0 spiro atoms. The van der Waals surface area contributed by atoms with Crippen molar-refractivity contribution in [3.05, 3.63) is 11.3 Å². The zero-order valence-corrected chi connectivity index (χ0v) is 10.1. The van der Waals surface area contributed by atoms with Gasteiger partial charge in [0.2, 0.25) is 0 Å². The van der Waals surface area contributed by atoms with E-state index in [-0.39, 0.29) is 11.7 Å². The summed E-state index contributed by atoms with van der Waals surface area (Å²) in [7, 11) is 0. The van der Waals surface area contributed by atoms with Crippen LogP contribution in [-0.2, 0) is 0 Å². The molecule has 2 rings (SSSR count). The predicted molar refractivity (Wildman–Crippen MR) is 65.5 cm³/mol. The lowest BCUT2D eigenvalue weighted by atomic mass is 10.1. The van der Waals surface area contributed by atoms with Gasteiger partial charge in [-0.1, -0.05) is 0 Å². The second kappa shape index (κ2) is 4.78. The van der Waals surface area contributed by atoms with E-state index in [0.717, 1.165) is 18.0 Å². The normalized spacial score (nSPS) is 19.9. The third-order valence-electron chi connectivity index (χ3n) is 2.78. The number of aryl methyl sites for hydroxylation is 1. The molecule has 88 valence electrons. The van der Waals surface area contributed by atoms with E-state index in [9.17, 15) is 4.79 Å². The molecule has 1 fully saturated rings. The highest BCUT2D eigenvalue weighted by Gasteiger charge is 2.19. The van der Waals surface area contributed by atoms with Crippen molar-refractivity contribution in [2.24, 2.45) is 5.92 Å². The summed E-state index contributed by atoms with van der Waals surface area (Å²) in [5.41, 5.74) is 6.81. The Morgan fingerprint density at radius 1 is 1.75 bits per heavy atom. The number of carbonyl (C=O) groups is 1. The maximum absolute atomic E-state index is 11.8. The van der Waals surface area contributed by atoms with Crippen LogP contribution >= 0.6 is 11.8 Å². The Kier molecular flexibility index (Phi) is 3.38. The fraction of sp³-hybridized carbons (Fsp3) is 0.600. The highest BCUT2D eigenvalue weighted by Crippen LogP contribution is 2.22. The van der Waals surface area contributed by atoms with Gasteiger partial charge >= 0.3 is 0 Å². The van der Waals surface area contributed by atoms with Gasteiger partial charge in [0.25, 0.3) is 5.91 Å². The first kappa shape index (κ1) is 11.3. The molecular formula is C10H16N4OS. The first-order valence-corrected chi connectivity index (χ1v) is 6.50. The van der Waals surface area contributed by atoms with Crippen LogP contribution in [0.25, 0.3) is 0 Å². The molecule has 1 aliphatic heterocycles. The fourth-order valence-electron chi connectivity index (χ4n) is 1.80. The van der Waals surface area contributed by atoms with E-state index in [1.54, 1.807) is 6.92 Å². The number of hydrogen-bond acceptors (Lipinski definition) is 4. The van der Waals surface area contributed by atoms with Crippen molar-refractivity contribution in [2.45, 2.75) is 13.3 Å². The average molecular weight is 240 g/mol. The van der Waals surface area contributed by atoms with Gasteiger partial charge < -0.3 is 11.1 Å². The number of nitrogens with one attached hydrogen (secondary N) is 2. The van der Waals surface area contributed by atoms with Crippen molar-refractivity contribution >= 4 is 23.5 Å². The molecule has 1 atom stereocenters. The summed E-state index contributed by atoms with van der Waals surface area (Å²) >= 11 is 1.94. The summed E-state index contributed by atoms with van der Waals surface area (Å²) < 4.78 is 0. The number of thioether (sulfide) groups is 1. The van der Waals surface area contributed by atoms with Crippen molar-refractivity contribution in [3.8, 4) is 0 Å². The number of aromatic nitrogens is 2. The third-order valence-corrected chi connectivity index (χ3v) is 4.01. The Bertz CT molecular complexity index is 365. The molecule has 1 aliphatic rings. The van der Waals surface area contributed by atoms with Gasteiger partial charge in [-0.25, -0.2) is 0 Å². The first-order valence-electron chi connectivity index (χ1n) is 5.35. The van der Waals surface area contributed by atoms with Crippen molar-refractivity contribution in [1.82, 2.24) is 15.5 Å². The predicted octanol–water partition coefficient (Wildman–Crippen LogP) is 0.783. The van der Waals surface area contributed by atoms with Crippen LogP contribution in [0, 0.1) is 12.8 Å². The minimum absolute atomic E-state index is 0.124. The highest BCUT2D eigenvalue weighted by molar-refractivity contribution is 7.99. The summed E-state index contributed by atoms with van der Waals surface area (Å²) in [5, 5.41) is 9.43. The molecule has 2 heterocycles. The molecule has 0 saturated carbocycles. The largest absolute Gasteiger partial charge is 0.382 e. The van der Waals surface area contributed by atoms with E-state index >= 15 is 0 Å². The summed E-state index contributed by atoms with van der Waals surface area (Å²) in [6, 6.07) is 0. The zero-order chi connectivity index (χ0) is 11.5. The second-order valence-corrected chi connectivity index (χ2v) is 5.20. The summed E-state index contributed by atoms with van der Waals surface area (Å²) in [6.45, 7) is 2.53. The van der Waals surface area contributed by atoms with Gasteiger partial charge in [0.05, 0.1) is 0 Å². The van der Waals surface area contributed by atoms with Crippen molar-refractivity contribution < 1.29 is 4.79 Å². The fourth-order valence-corrected chi connectivity index (χ4v) is 3.09. The minimum Gasteiger partial charge on any atom is -0.382 e. The van der Waals surface area contributed by atoms with E-state index < -0.39 is 0 Å². The summed E-state index contributed by atoms with van der Waals surface area (Å²) in [6.07, 6.45) is 1.19. The summed E-state index contributed by atoms with van der Waals surface area (Å²) in [4.78, 5) is 11.8. The van der Waals surface area contributed by atoms with Crippen LogP contribution < -0.4 is 11.1 Å². The van der Waals surface area contributed by atoms with E-state index in [1.165, 1.54) is 12.2 Å². The SMILES string of the molecule is Cc1[nH]nc(N)c1C(=O)NCC1CCSC1. The highest BCUT2D eigenvalue weighted by atomic mass is 32.2. The molecule has 0 radical (unpaired) electrons. The molecule has 0 bridgehead atoms. The Morgan fingerprint density at radius 3 is 3.12 bits per heavy atom. The number of nitrogens with zero attached hydrogens (tertiary/aromatic N) is 1. The minimum atomic E-state index is -0.124. The number of carbonyl (C=O) groups excluding carboxylic acids is 1. The molecular weight excluding hydrogens is 224 g/mol. The smallest absolute Gasteiger partial charge is 0.256 e. The van der Waals surface area contributed by atoms with Gasteiger partial charge in [-0.3, -0.25) is 9.89 Å². The van der Waals surface area contributed by atoms with Gasteiger partial charge in [0, 0.05) is 12.2 Å². The van der Waals surface area contributed by atoms with Crippen molar-refractivity contribution in [1.29, 1.82) is 0 Å². The summed E-state index contributed by atoms with van der Waals surface area (Å²) in [5.74, 6) is 3.09. The maximum atomic E-state index is 11.8. The molecule has 16 heavy (non-hydrogen) atoms. The maximum Gasteiger partial charge on any atom is 0.256 e. The number of nitrogen functional groups attached to an aromatic ring is 1. The molecule has 4 N–H and O–H groups in total. The van der Waals surface area contributed by atoms with Gasteiger partial charge in [0.15, 0.2) is 5.82 Å². The van der Waals surface area contributed by atoms with Crippen LogP contribution in [0.3, 0.4) is 0 Å². The molecule has 1 aromatic rings. The molecule has 1 amide bonds. The van der Waals surface area contributed by atoms with Crippen LogP contribution in [0.2, 0.25) is 0 Å². The van der Waals surface area contributed by atoms with Gasteiger partial charge in [-0.2, -0.15) is 16.9 Å². The van der Waals surface area contributed by atoms with Crippen LogP contribution in [0.15, 0.2) is 0 Å². The number of amides is 1. The molecule has 5 nitrogen and oxygen atoms in total. The molecule has 0 aliphatic carbocycles. The van der Waals surface area contributed by atoms with E-state index in [0.29, 0.717) is 11.5 Å². The Labute approximate surface area is 98.6 Å². The number of nitrogens with two attached hydrogens (primary N) is 1. The number of hydrogen-bond donors (Lipinski definition) is 3. The van der Waals surface area contributed by atoms with E-state index in [4.69, 9.17) is 5.73 Å². The number of anilines is 1. The Hall–Kier alpha value is -1.17. The Morgan fingerprint density at radius 2 is 2.56 bits per heavy atom. The monoisotopic (exact) mass is 240 g/mol. The third kappa shape index (κ3) is 2.32. The number of H-pyrrole nitrogens is 1. The number of aromatic amines is 1.